The lowest BCUT2D eigenvalue weighted by Gasteiger charge is -2.15. The lowest BCUT2D eigenvalue weighted by molar-refractivity contribution is 0.178. The van der Waals surface area contributed by atoms with E-state index < -0.39 is 0 Å². The third-order valence-electron chi connectivity index (χ3n) is 3.55. The molecule has 6 nitrogen and oxygen atoms in total. The third kappa shape index (κ3) is 3.08. The summed E-state index contributed by atoms with van der Waals surface area (Å²) < 4.78 is 5.04. The second-order valence-electron chi connectivity index (χ2n) is 4.84. The molecule has 0 unspecified atom stereocenters. The minimum Gasteiger partial charge on any atom is -0.377 e. The summed E-state index contributed by atoms with van der Waals surface area (Å²) in [6.07, 6.45) is 3.81. The van der Waals surface area contributed by atoms with Crippen LogP contribution in [0.15, 0.2) is 6.07 Å². The van der Waals surface area contributed by atoms with E-state index in [9.17, 15) is 0 Å². The molecule has 0 bridgehead atoms. The highest BCUT2D eigenvalue weighted by Gasteiger charge is 2.40. The highest BCUT2D eigenvalue weighted by atomic mass is 16.5. The Morgan fingerprint density at radius 3 is 2.67 bits per heavy atom. The number of rotatable bonds is 7. The smallest absolute Gasteiger partial charge is 0.158 e. The van der Waals surface area contributed by atoms with E-state index >= 15 is 0 Å². The van der Waals surface area contributed by atoms with Crippen LogP contribution in [0.5, 0.6) is 0 Å². The summed E-state index contributed by atoms with van der Waals surface area (Å²) in [5.74, 6) is 7.41. The fraction of sp³-hybridized carbons (Fsp3) is 0.667. The van der Waals surface area contributed by atoms with Crippen molar-refractivity contribution in [1.82, 2.24) is 9.97 Å². The fourth-order valence-electron chi connectivity index (χ4n) is 1.97. The van der Waals surface area contributed by atoms with E-state index in [1.807, 2.05) is 6.07 Å². The number of ether oxygens (including phenoxy) is 1. The second kappa shape index (κ2) is 5.49. The van der Waals surface area contributed by atoms with Gasteiger partial charge in [0, 0.05) is 19.7 Å². The summed E-state index contributed by atoms with van der Waals surface area (Å²) in [4.78, 5) is 8.60. The number of anilines is 2. The predicted molar refractivity (Wildman–Crippen MR) is 71.0 cm³/mol. The van der Waals surface area contributed by atoms with Crippen LogP contribution < -0.4 is 16.6 Å². The molecule has 0 aromatic carbocycles. The molecule has 1 heterocycles. The highest BCUT2D eigenvalue weighted by molar-refractivity contribution is 5.47. The Morgan fingerprint density at radius 1 is 1.39 bits per heavy atom. The zero-order valence-corrected chi connectivity index (χ0v) is 11.0. The van der Waals surface area contributed by atoms with E-state index in [0.29, 0.717) is 23.7 Å². The van der Waals surface area contributed by atoms with Gasteiger partial charge in [0.05, 0.1) is 0 Å². The lowest BCUT2D eigenvalue weighted by Crippen LogP contribution is -2.17. The molecule has 6 heteroatoms. The number of hydrogen-bond acceptors (Lipinski definition) is 6. The molecular formula is C12H21N5O. The van der Waals surface area contributed by atoms with Gasteiger partial charge < -0.3 is 15.5 Å². The van der Waals surface area contributed by atoms with Crippen LogP contribution in [0.4, 0.5) is 11.6 Å². The second-order valence-corrected chi connectivity index (χ2v) is 4.84. The van der Waals surface area contributed by atoms with E-state index in [0.717, 1.165) is 12.4 Å². The Hall–Kier alpha value is -1.40. The molecule has 0 saturated heterocycles. The van der Waals surface area contributed by atoms with Gasteiger partial charge in [0.2, 0.25) is 0 Å². The standard InChI is InChI=1S/C12H21N5O/c1-3-12(4-5-12)8-14-9-6-10(17-13)16-11(15-9)7-18-2/h6H,3-5,7-8,13H2,1-2H3,(H2,14,15,16,17). The van der Waals surface area contributed by atoms with Crippen LogP contribution >= 0.6 is 0 Å². The van der Waals surface area contributed by atoms with Crippen molar-refractivity contribution in [3.05, 3.63) is 11.9 Å². The maximum atomic E-state index is 5.40. The molecule has 1 fully saturated rings. The van der Waals surface area contributed by atoms with Gasteiger partial charge in [0.1, 0.15) is 18.2 Å². The Balaban J connectivity index is 2.04. The van der Waals surface area contributed by atoms with Crippen molar-refractivity contribution < 1.29 is 4.74 Å². The summed E-state index contributed by atoms with van der Waals surface area (Å²) in [5.41, 5.74) is 3.02. The molecule has 4 N–H and O–H groups in total. The minimum atomic E-state index is 0.378. The summed E-state index contributed by atoms with van der Waals surface area (Å²) in [7, 11) is 1.62. The zero-order chi connectivity index (χ0) is 13.0. The van der Waals surface area contributed by atoms with Crippen LogP contribution in [0.1, 0.15) is 32.0 Å². The molecule has 0 aliphatic heterocycles. The average molecular weight is 251 g/mol. The number of hydrazine groups is 1. The molecule has 1 aromatic rings. The van der Waals surface area contributed by atoms with Crippen molar-refractivity contribution in [2.45, 2.75) is 32.8 Å². The lowest BCUT2D eigenvalue weighted by atomic mass is 10.0. The first-order valence-electron chi connectivity index (χ1n) is 6.29. The summed E-state index contributed by atoms with van der Waals surface area (Å²) in [5, 5.41) is 3.37. The van der Waals surface area contributed by atoms with Crippen LogP contribution in [0, 0.1) is 5.41 Å². The third-order valence-corrected chi connectivity index (χ3v) is 3.55. The van der Waals surface area contributed by atoms with Crippen molar-refractivity contribution in [2.24, 2.45) is 11.3 Å². The van der Waals surface area contributed by atoms with Gasteiger partial charge in [-0.15, -0.1) is 0 Å². The SMILES string of the molecule is CCC1(CNc2cc(NN)nc(COC)n2)CC1. The summed E-state index contributed by atoms with van der Waals surface area (Å²) >= 11 is 0. The van der Waals surface area contributed by atoms with Crippen molar-refractivity contribution in [3.63, 3.8) is 0 Å². The van der Waals surface area contributed by atoms with Crippen LogP contribution in [0.25, 0.3) is 0 Å². The molecule has 0 amide bonds. The van der Waals surface area contributed by atoms with E-state index in [4.69, 9.17) is 10.6 Å². The van der Waals surface area contributed by atoms with Gasteiger partial charge in [-0.1, -0.05) is 6.92 Å². The molecular weight excluding hydrogens is 230 g/mol. The number of methoxy groups -OCH3 is 1. The largest absolute Gasteiger partial charge is 0.377 e. The van der Waals surface area contributed by atoms with E-state index in [1.165, 1.54) is 19.3 Å². The Morgan fingerprint density at radius 2 is 2.11 bits per heavy atom. The topological polar surface area (TPSA) is 85.1 Å². The molecule has 1 aliphatic rings. The Bertz CT molecular complexity index is 405. The number of nitrogens with two attached hydrogens (primary N) is 1. The Kier molecular flexibility index (Phi) is 3.98. The number of hydrogen-bond donors (Lipinski definition) is 3. The van der Waals surface area contributed by atoms with Gasteiger partial charge in [0.25, 0.3) is 0 Å². The monoisotopic (exact) mass is 251 g/mol. The van der Waals surface area contributed by atoms with Crippen molar-refractivity contribution in [3.8, 4) is 0 Å². The number of nitrogen functional groups attached to an aromatic ring is 1. The highest BCUT2D eigenvalue weighted by Crippen LogP contribution is 2.48. The molecule has 18 heavy (non-hydrogen) atoms. The quantitative estimate of drug-likeness (QED) is 0.503. The van der Waals surface area contributed by atoms with Gasteiger partial charge in [-0.2, -0.15) is 0 Å². The van der Waals surface area contributed by atoms with E-state index in [-0.39, 0.29) is 0 Å². The van der Waals surface area contributed by atoms with Crippen LogP contribution in [0.3, 0.4) is 0 Å². The number of nitrogens with zero attached hydrogens (tertiary/aromatic N) is 2. The number of nitrogens with one attached hydrogen (secondary N) is 2. The Labute approximate surface area is 107 Å². The molecule has 0 atom stereocenters. The van der Waals surface area contributed by atoms with Crippen molar-refractivity contribution in [1.29, 1.82) is 0 Å². The van der Waals surface area contributed by atoms with Gasteiger partial charge in [-0.3, -0.25) is 0 Å². The molecule has 100 valence electrons. The average Bonchev–Trinajstić information content (AvgIpc) is 3.17. The van der Waals surface area contributed by atoms with Crippen LogP contribution in [-0.2, 0) is 11.3 Å². The van der Waals surface area contributed by atoms with Crippen molar-refractivity contribution >= 4 is 11.6 Å². The minimum absolute atomic E-state index is 0.378. The molecule has 2 rings (SSSR count). The van der Waals surface area contributed by atoms with E-state index in [1.54, 1.807) is 7.11 Å². The van der Waals surface area contributed by atoms with Crippen LogP contribution in [0.2, 0.25) is 0 Å². The number of aromatic nitrogens is 2. The summed E-state index contributed by atoms with van der Waals surface area (Å²) in [6, 6.07) is 1.81. The maximum absolute atomic E-state index is 5.40. The van der Waals surface area contributed by atoms with Crippen molar-refractivity contribution in [2.75, 3.05) is 24.4 Å². The van der Waals surface area contributed by atoms with Gasteiger partial charge in [-0.25, -0.2) is 15.8 Å². The van der Waals surface area contributed by atoms with Gasteiger partial charge in [0.15, 0.2) is 5.82 Å². The van der Waals surface area contributed by atoms with Crippen LogP contribution in [-0.4, -0.2) is 23.6 Å². The molecule has 0 radical (unpaired) electrons. The first-order valence-corrected chi connectivity index (χ1v) is 6.29. The fourth-order valence-corrected chi connectivity index (χ4v) is 1.97. The van der Waals surface area contributed by atoms with Gasteiger partial charge in [-0.05, 0) is 24.7 Å². The normalized spacial score (nSPS) is 16.4. The summed E-state index contributed by atoms with van der Waals surface area (Å²) in [6.45, 7) is 3.57. The molecule has 0 spiro atoms. The van der Waals surface area contributed by atoms with Gasteiger partial charge >= 0.3 is 0 Å². The first kappa shape index (κ1) is 13.0. The molecule has 1 aromatic heterocycles. The zero-order valence-electron chi connectivity index (χ0n) is 11.0. The molecule has 1 aliphatic carbocycles. The maximum Gasteiger partial charge on any atom is 0.158 e. The first-order chi connectivity index (χ1) is 8.71. The molecule has 1 saturated carbocycles. The van der Waals surface area contributed by atoms with E-state index in [2.05, 4.69) is 27.6 Å². The predicted octanol–water partition coefficient (Wildman–Crippen LogP) is 1.51.